The average Bonchev–Trinajstić information content (AvgIpc) is 3.49. The SMILES string of the molecule is CCC(C)(NC(=O)OCC1c2ccccc2-c2ccccc21)C(=O)N1CC[C@H]2C(C(=O)O)[C@H]2C1. The number of likely N-dealkylation sites (tertiary alicyclic amines) is 1. The van der Waals surface area contributed by atoms with Gasteiger partial charge in [-0.25, -0.2) is 4.79 Å². The number of nitrogens with zero attached hydrogens (tertiary/aromatic N) is 1. The number of alkyl carbamates (subject to hydrolysis) is 1. The molecule has 0 aromatic heterocycles. The van der Waals surface area contributed by atoms with Gasteiger partial charge in [0.05, 0.1) is 5.92 Å². The molecule has 0 bridgehead atoms. The fourth-order valence-corrected chi connectivity index (χ4v) is 5.79. The van der Waals surface area contributed by atoms with Gasteiger partial charge in [0.15, 0.2) is 0 Å². The summed E-state index contributed by atoms with van der Waals surface area (Å²) in [6.45, 7) is 4.70. The van der Waals surface area contributed by atoms with Crippen molar-refractivity contribution in [3.05, 3.63) is 59.7 Å². The number of fused-ring (bicyclic) bond motifs is 4. The average molecular weight is 463 g/mol. The van der Waals surface area contributed by atoms with Crippen LogP contribution in [0.15, 0.2) is 48.5 Å². The monoisotopic (exact) mass is 462 g/mol. The van der Waals surface area contributed by atoms with Crippen LogP contribution < -0.4 is 5.32 Å². The van der Waals surface area contributed by atoms with Crippen LogP contribution in [0.3, 0.4) is 0 Å². The minimum absolute atomic E-state index is 0.0192. The fraction of sp³-hybridized carbons (Fsp3) is 0.444. The molecule has 2 aromatic rings. The van der Waals surface area contributed by atoms with Crippen LogP contribution in [0.5, 0.6) is 0 Å². The molecule has 3 aliphatic rings. The zero-order valence-corrected chi connectivity index (χ0v) is 19.5. The van der Waals surface area contributed by atoms with Crippen LogP contribution in [-0.4, -0.2) is 53.2 Å². The number of amides is 2. The van der Waals surface area contributed by atoms with E-state index in [0.29, 0.717) is 25.9 Å². The summed E-state index contributed by atoms with van der Waals surface area (Å²) in [5.74, 6) is -1.17. The highest BCUT2D eigenvalue weighted by molar-refractivity contribution is 5.90. The molecule has 34 heavy (non-hydrogen) atoms. The van der Waals surface area contributed by atoms with E-state index < -0.39 is 17.6 Å². The number of benzene rings is 2. The van der Waals surface area contributed by atoms with Gasteiger partial charge in [0.25, 0.3) is 0 Å². The van der Waals surface area contributed by atoms with Crippen molar-refractivity contribution in [2.45, 2.75) is 38.1 Å². The van der Waals surface area contributed by atoms with E-state index in [-0.39, 0.29) is 36.2 Å². The van der Waals surface area contributed by atoms with Crippen molar-refractivity contribution in [3.63, 3.8) is 0 Å². The second-order valence-corrected chi connectivity index (χ2v) is 9.87. The van der Waals surface area contributed by atoms with Crippen molar-refractivity contribution >= 4 is 18.0 Å². The van der Waals surface area contributed by atoms with Crippen molar-refractivity contribution < 1.29 is 24.2 Å². The van der Waals surface area contributed by atoms with Crippen LogP contribution in [0.4, 0.5) is 4.79 Å². The van der Waals surface area contributed by atoms with E-state index in [9.17, 15) is 19.5 Å². The Morgan fingerprint density at radius 1 is 1.06 bits per heavy atom. The fourth-order valence-electron chi connectivity index (χ4n) is 5.79. The molecule has 2 aromatic carbocycles. The third-order valence-corrected chi connectivity index (χ3v) is 7.97. The number of carbonyl (C=O) groups excluding carboxylic acids is 2. The molecule has 2 unspecified atom stereocenters. The van der Waals surface area contributed by atoms with Crippen LogP contribution in [0.1, 0.15) is 43.7 Å². The summed E-state index contributed by atoms with van der Waals surface area (Å²) >= 11 is 0. The molecule has 2 amide bonds. The van der Waals surface area contributed by atoms with E-state index in [1.54, 1.807) is 11.8 Å². The first kappa shape index (κ1) is 22.4. The maximum atomic E-state index is 13.3. The molecule has 1 saturated heterocycles. The summed E-state index contributed by atoms with van der Waals surface area (Å²) in [7, 11) is 0. The van der Waals surface area contributed by atoms with Crippen molar-refractivity contribution in [1.29, 1.82) is 0 Å². The summed E-state index contributed by atoms with van der Waals surface area (Å²) < 4.78 is 5.65. The van der Waals surface area contributed by atoms with Gasteiger partial charge >= 0.3 is 12.1 Å². The van der Waals surface area contributed by atoms with E-state index in [2.05, 4.69) is 29.6 Å². The van der Waals surface area contributed by atoms with Crippen LogP contribution in [0, 0.1) is 17.8 Å². The molecule has 2 N–H and O–H groups in total. The maximum Gasteiger partial charge on any atom is 0.408 e. The predicted octanol–water partition coefficient (Wildman–Crippen LogP) is 3.87. The number of carbonyl (C=O) groups is 3. The smallest absolute Gasteiger partial charge is 0.408 e. The maximum absolute atomic E-state index is 13.3. The minimum Gasteiger partial charge on any atom is -0.481 e. The third-order valence-electron chi connectivity index (χ3n) is 7.97. The zero-order chi connectivity index (χ0) is 24.0. The molecule has 0 radical (unpaired) electrons. The molecular formula is C27H30N2O5. The Bertz CT molecular complexity index is 1100. The normalized spacial score (nSPS) is 24.3. The standard InChI is InChI=1S/C27H30N2O5/c1-3-27(2,25(32)29-13-12-20-21(14-29)23(20)24(30)31)28-26(33)34-15-22-18-10-6-4-8-16(18)17-9-5-7-11-19(17)22/h4-11,20-23H,3,12-15H2,1-2H3,(H,28,33)(H,30,31)/t20-,21+,23?,27?/m1/s1. The lowest BCUT2D eigenvalue weighted by atomic mass is 9.95. The Balaban J connectivity index is 1.23. The molecule has 7 nitrogen and oxygen atoms in total. The largest absolute Gasteiger partial charge is 0.481 e. The number of aliphatic carboxylic acids is 1. The van der Waals surface area contributed by atoms with E-state index in [1.165, 1.54) is 0 Å². The molecular weight excluding hydrogens is 432 g/mol. The van der Waals surface area contributed by atoms with Gasteiger partial charge in [-0.2, -0.15) is 0 Å². The molecule has 2 aliphatic carbocycles. The van der Waals surface area contributed by atoms with Gasteiger partial charge in [-0.3, -0.25) is 9.59 Å². The Labute approximate surface area is 199 Å². The Kier molecular flexibility index (Phi) is 5.58. The Morgan fingerprint density at radius 3 is 2.26 bits per heavy atom. The number of carboxylic acid groups (broad SMARTS) is 1. The minimum atomic E-state index is -1.11. The molecule has 0 spiro atoms. The Morgan fingerprint density at radius 2 is 1.68 bits per heavy atom. The first-order valence-electron chi connectivity index (χ1n) is 12.0. The van der Waals surface area contributed by atoms with Gasteiger partial charge in [-0.15, -0.1) is 0 Å². The molecule has 5 rings (SSSR count). The lowest BCUT2D eigenvalue weighted by Crippen LogP contribution is -2.58. The molecule has 1 heterocycles. The van der Waals surface area contributed by atoms with Gasteiger partial charge in [0.2, 0.25) is 5.91 Å². The van der Waals surface area contributed by atoms with Gasteiger partial charge in [-0.05, 0) is 53.9 Å². The number of nitrogens with one attached hydrogen (secondary N) is 1. The topological polar surface area (TPSA) is 95.9 Å². The number of carboxylic acids is 1. The number of ether oxygens (including phenoxy) is 1. The van der Waals surface area contributed by atoms with Crippen LogP contribution >= 0.6 is 0 Å². The number of rotatable bonds is 6. The highest BCUT2D eigenvalue weighted by Crippen LogP contribution is 2.52. The number of hydrogen-bond acceptors (Lipinski definition) is 4. The summed E-state index contributed by atoms with van der Waals surface area (Å²) in [6, 6.07) is 16.3. The van der Waals surface area contributed by atoms with Crippen LogP contribution in [0.25, 0.3) is 11.1 Å². The zero-order valence-electron chi connectivity index (χ0n) is 19.5. The van der Waals surface area contributed by atoms with E-state index in [0.717, 1.165) is 22.3 Å². The number of hydrogen-bond donors (Lipinski definition) is 2. The second kappa shape index (κ2) is 8.46. The quantitative estimate of drug-likeness (QED) is 0.679. The first-order chi connectivity index (χ1) is 16.3. The molecule has 1 aliphatic heterocycles. The van der Waals surface area contributed by atoms with E-state index in [1.807, 2.05) is 31.2 Å². The second-order valence-electron chi connectivity index (χ2n) is 9.87. The van der Waals surface area contributed by atoms with E-state index in [4.69, 9.17) is 4.74 Å². The van der Waals surface area contributed by atoms with Crippen molar-refractivity contribution in [3.8, 4) is 11.1 Å². The highest BCUT2D eigenvalue weighted by atomic mass is 16.5. The summed E-state index contributed by atoms with van der Waals surface area (Å²) in [5.41, 5.74) is 3.47. The summed E-state index contributed by atoms with van der Waals surface area (Å²) in [5, 5.41) is 12.1. The van der Waals surface area contributed by atoms with Crippen molar-refractivity contribution in [2.75, 3.05) is 19.7 Å². The molecule has 2 fully saturated rings. The molecule has 178 valence electrons. The number of piperidine rings is 1. The van der Waals surface area contributed by atoms with Gasteiger partial charge < -0.3 is 20.1 Å². The Hall–Kier alpha value is -3.35. The first-order valence-corrected chi connectivity index (χ1v) is 12.0. The molecule has 7 heteroatoms. The predicted molar refractivity (Wildman–Crippen MR) is 126 cm³/mol. The molecule has 4 atom stereocenters. The van der Waals surface area contributed by atoms with Crippen molar-refractivity contribution in [2.24, 2.45) is 17.8 Å². The van der Waals surface area contributed by atoms with Gasteiger partial charge in [0, 0.05) is 19.0 Å². The van der Waals surface area contributed by atoms with Crippen LogP contribution in [-0.2, 0) is 14.3 Å². The van der Waals surface area contributed by atoms with E-state index >= 15 is 0 Å². The summed E-state index contributed by atoms with van der Waals surface area (Å²) in [4.78, 5) is 39.2. The van der Waals surface area contributed by atoms with Crippen LogP contribution in [0.2, 0.25) is 0 Å². The summed E-state index contributed by atoms with van der Waals surface area (Å²) in [6.07, 6.45) is 0.477. The molecule has 1 saturated carbocycles. The third kappa shape index (κ3) is 3.73. The highest BCUT2D eigenvalue weighted by Gasteiger charge is 2.58. The van der Waals surface area contributed by atoms with Gasteiger partial charge in [-0.1, -0.05) is 55.5 Å². The van der Waals surface area contributed by atoms with Crippen molar-refractivity contribution in [1.82, 2.24) is 10.2 Å². The lowest BCUT2D eigenvalue weighted by molar-refractivity contribution is -0.140. The lowest BCUT2D eigenvalue weighted by Gasteiger charge is -2.36. The van der Waals surface area contributed by atoms with Gasteiger partial charge in [0.1, 0.15) is 12.1 Å².